The van der Waals surface area contributed by atoms with Crippen LogP contribution in [0.3, 0.4) is 0 Å². The number of alkyl halides is 1. The number of nitro benzene ring substituents is 1. The lowest BCUT2D eigenvalue weighted by molar-refractivity contribution is -0.386. The second-order valence-electron chi connectivity index (χ2n) is 5.10. The van der Waals surface area contributed by atoms with E-state index < -0.39 is 10.7 Å². The van der Waals surface area contributed by atoms with E-state index in [1.807, 2.05) is 0 Å². The second-order valence-corrected chi connectivity index (χ2v) is 6.20. The van der Waals surface area contributed by atoms with Gasteiger partial charge in [0.1, 0.15) is 6.10 Å². The van der Waals surface area contributed by atoms with E-state index >= 15 is 0 Å². The molecule has 0 heterocycles. The Kier molecular flexibility index (Phi) is 4.32. The van der Waals surface area contributed by atoms with Crippen LogP contribution in [0.1, 0.15) is 33.1 Å². The van der Waals surface area contributed by atoms with Crippen LogP contribution >= 0.6 is 15.9 Å². The molecule has 0 aliphatic heterocycles. The van der Waals surface area contributed by atoms with Crippen molar-refractivity contribution in [2.45, 2.75) is 44.0 Å². The Hall–Kier alpha value is -1.17. The van der Waals surface area contributed by atoms with Gasteiger partial charge in [0.15, 0.2) is 5.82 Å². The number of hydrogen-bond acceptors (Lipinski definition) is 3. The molecule has 20 heavy (non-hydrogen) atoms. The average molecular weight is 346 g/mol. The zero-order valence-corrected chi connectivity index (χ0v) is 13.0. The first-order chi connectivity index (χ1) is 9.46. The maximum atomic E-state index is 13.8. The van der Waals surface area contributed by atoms with Crippen molar-refractivity contribution in [1.29, 1.82) is 0 Å². The number of halogens is 2. The largest absolute Gasteiger partial charge is 0.481 e. The van der Waals surface area contributed by atoms with Crippen LogP contribution in [0.2, 0.25) is 0 Å². The standard InChI is InChI=1S/C14H17BrFNO3/c1-3-14(4-2)11(15)8-12(14)20-13-9(16)6-5-7-10(13)17(18)19/h5-7,11-12H,3-4,8H2,1-2H3. The number of ether oxygens (including phenoxy) is 1. The van der Waals surface area contributed by atoms with Crippen LogP contribution in [0.25, 0.3) is 0 Å². The fourth-order valence-corrected chi connectivity index (χ4v) is 4.19. The summed E-state index contributed by atoms with van der Waals surface area (Å²) in [5.74, 6) is -0.925. The van der Waals surface area contributed by atoms with Crippen LogP contribution in [0.5, 0.6) is 5.75 Å². The average Bonchev–Trinajstić information content (AvgIpc) is 2.41. The molecule has 0 spiro atoms. The molecule has 0 N–H and O–H groups in total. The zero-order valence-electron chi connectivity index (χ0n) is 11.4. The molecular formula is C14H17BrFNO3. The monoisotopic (exact) mass is 345 g/mol. The van der Waals surface area contributed by atoms with E-state index in [2.05, 4.69) is 29.8 Å². The number of hydrogen-bond donors (Lipinski definition) is 0. The molecule has 1 aromatic rings. The molecule has 2 rings (SSSR count). The van der Waals surface area contributed by atoms with Gasteiger partial charge in [-0.05, 0) is 25.3 Å². The summed E-state index contributed by atoms with van der Waals surface area (Å²) in [6, 6.07) is 3.77. The van der Waals surface area contributed by atoms with Gasteiger partial charge in [-0.15, -0.1) is 0 Å². The maximum Gasteiger partial charge on any atom is 0.314 e. The highest BCUT2D eigenvalue weighted by Crippen LogP contribution is 2.53. The van der Waals surface area contributed by atoms with Crippen LogP contribution in [0, 0.1) is 21.3 Å². The highest BCUT2D eigenvalue weighted by molar-refractivity contribution is 9.09. The summed E-state index contributed by atoms with van der Waals surface area (Å²) in [4.78, 5) is 10.7. The molecule has 2 atom stereocenters. The van der Waals surface area contributed by atoms with Gasteiger partial charge in [0, 0.05) is 16.3 Å². The number of para-hydroxylation sites is 1. The maximum absolute atomic E-state index is 13.8. The Bertz CT molecular complexity index is 519. The van der Waals surface area contributed by atoms with Crippen LogP contribution in [-0.2, 0) is 0 Å². The van der Waals surface area contributed by atoms with Gasteiger partial charge in [-0.25, -0.2) is 4.39 Å². The zero-order chi connectivity index (χ0) is 14.9. The number of rotatable bonds is 5. The minimum absolute atomic E-state index is 0.0872. The van der Waals surface area contributed by atoms with Crippen molar-refractivity contribution in [3.8, 4) is 5.75 Å². The molecule has 4 nitrogen and oxygen atoms in total. The summed E-state index contributed by atoms with van der Waals surface area (Å²) in [6.07, 6.45) is 2.30. The second kappa shape index (κ2) is 5.68. The molecule has 0 amide bonds. The summed E-state index contributed by atoms with van der Waals surface area (Å²) < 4.78 is 19.5. The molecule has 1 aromatic carbocycles. The Labute approximate surface area is 125 Å². The Morgan fingerprint density at radius 3 is 2.65 bits per heavy atom. The van der Waals surface area contributed by atoms with Crippen molar-refractivity contribution in [3.05, 3.63) is 34.1 Å². The third kappa shape index (κ3) is 2.30. The molecule has 6 heteroatoms. The normalized spacial score (nSPS) is 24.0. The summed E-state index contributed by atoms with van der Waals surface area (Å²) in [5, 5.41) is 11.0. The Morgan fingerprint density at radius 2 is 2.15 bits per heavy atom. The van der Waals surface area contributed by atoms with Crippen LogP contribution < -0.4 is 4.74 Å². The van der Waals surface area contributed by atoms with Gasteiger partial charge in [-0.2, -0.15) is 0 Å². The van der Waals surface area contributed by atoms with Crippen LogP contribution in [0.15, 0.2) is 18.2 Å². The van der Waals surface area contributed by atoms with Crippen molar-refractivity contribution in [2.75, 3.05) is 0 Å². The number of nitrogens with zero attached hydrogens (tertiary/aromatic N) is 1. The van der Waals surface area contributed by atoms with Gasteiger partial charge in [0.05, 0.1) is 4.92 Å². The molecule has 0 radical (unpaired) electrons. The highest BCUT2D eigenvalue weighted by Gasteiger charge is 2.53. The predicted octanol–water partition coefficient (Wildman–Crippen LogP) is 4.45. The first kappa shape index (κ1) is 15.2. The van der Waals surface area contributed by atoms with Crippen LogP contribution in [0.4, 0.5) is 10.1 Å². The molecule has 1 aliphatic rings. The van der Waals surface area contributed by atoms with E-state index in [-0.39, 0.29) is 23.0 Å². The molecule has 1 aliphatic carbocycles. The van der Waals surface area contributed by atoms with Crippen LogP contribution in [-0.4, -0.2) is 15.9 Å². The fourth-order valence-electron chi connectivity index (χ4n) is 2.91. The fraction of sp³-hybridized carbons (Fsp3) is 0.571. The molecule has 0 bridgehead atoms. The minimum atomic E-state index is -0.682. The smallest absolute Gasteiger partial charge is 0.314 e. The van der Waals surface area contributed by atoms with E-state index in [9.17, 15) is 14.5 Å². The Balaban J connectivity index is 2.30. The summed E-state index contributed by atoms with van der Waals surface area (Å²) in [6.45, 7) is 4.12. The third-order valence-corrected chi connectivity index (χ3v) is 5.69. The van der Waals surface area contributed by atoms with Gasteiger partial charge in [-0.3, -0.25) is 10.1 Å². The first-order valence-electron chi connectivity index (χ1n) is 6.69. The molecule has 2 unspecified atom stereocenters. The highest BCUT2D eigenvalue weighted by atomic mass is 79.9. The molecular weight excluding hydrogens is 329 g/mol. The predicted molar refractivity (Wildman–Crippen MR) is 77.8 cm³/mol. The van der Waals surface area contributed by atoms with Crippen molar-refractivity contribution < 1.29 is 14.1 Å². The minimum Gasteiger partial charge on any atom is -0.481 e. The molecule has 0 aromatic heterocycles. The van der Waals surface area contributed by atoms with Gasteiger partial charge >= 0.3 is 5.69 Å². The first-order valence-corrected chi connectivity index (χ1v) is 7.61. The van der Waals surface area contributed by atoms with Crippen molar-refractivity contribution in [3.63, 3.8) is 0 Å². The van der Waals surface area contributed by atoms with E-state index in [4.69, 9.17) is 4.74 Å². The van der Waals surface area contributed by atoms with E-state index in [0.29, 0.717) is 4.83 Å². The van der Waals surface area contributed by atoms with E-state index in [0.717, 1.165) is 19.3 Å². The van der Waals surface area contributed by atoms with Gasteiger partial charge in [0.2, 0.25) is 5.75 Å². The van der Waals surface area contributed by atoms with Gasteiger partial charge in [0.25, 0.3) is 0 Å². The van der Waals surface area contributed by atoms with E-state index in [1.54, 1.807) is 0 Å². The lowest BCUT2D eigenvalue weighted by Crippen LogP contribution is -2.56. The Morgan fingerprint density at radius 1 is 1.50 bits per heavy atom. The number of nitro groups is 1. The molecule has 1 fully saturated rings. The molecule has 110 valence electrons. The summed E-state index contributed by atoms with van der Waals surface area (Å²) >= 11 is 3.62. The molecule has 1 saturated carbocycles. The van der Waals surface area contributed by atoms with Crippen molar-refractivity contribution in [2.24, 2.45) is 5.41 Å². The summed E-state index contributed by atoms with van der Waals surface area (Å²) in [7, 11) is 0. The number of benzene rings is 1. The molecule has 0 saturated heterocycles. The SMILES string of the molecule is CCC1(CC)C(Br)CC1Oc1c(F)cccc1[N+](=O)[O-]. The van der Waals surface area contributed by atoms with Crippen molar-refractivity contribution in [1.82, 2.24) is 0 Å². The lowest BCUT2D eigenvalue weighted by Gasteiger charge is -2.52. The summed E-state index contributed by atoms with van der Waals surface area (Å²) in [5.41, 5.74) is -0.403. The van der Waals surface area contributed by atoms with Crippen molar-refractivity contribution >= 4 is 21.6 Å². The van der Waals surface area contributed by atoms with Gasteiger partial charge in [-0.1, -0.05) is 35.8 Å². The lowest BCUT2D eigenvalue weighted by atomic mass is 9.62. The van der Waals surface area contributed by atoms with Gasteiger partial charge < -0.3 is 4.74 Å². The third-order valence-electron chi connectivity index (χ3n) is 4.41. The van der Waals surface area contributed by atoms with E-state index in [1.165, 1.54) is 18.2 Å². The topological polar surface area (TPSA) is 52.4 Å². The quantitative estimate of drug-likeness (QED) is 0.449.